The lowest BCUT2D eigenvalue weighted by Crippen LogP contribution is -2.43. The summed E-state index contributed by atoms with van der Waals surface area (Å²) in [5, 5.41) is 13.8. The Kier molecular flexibility index (Phi) is 9.95. The van der Waals surface area contributed by atoms with Crippen molar-refractivity contribution >= 4 is 25.3 Å². The number of H-pyrrole nitrogens is 1. The lowest BCUT2D eigenvalue weighted by molar-refractivity contribution is -0.149. The van der Waals surface area contributed by atoms with Gasteiger partial charge in [0.1, 0.15) is 24.0 Å². The number of aliphatic hydroxyl groups excluding tert-OH is 1. The summed E-state index contributed by atoms with van der Waals surface area (Å²) < 4.78 is 52.4. The van der Waals surface area contributed by atoms with Gasteiger partial charge in [-0.15, -0.1) is 0 Å². The number of benzene rings is 2. The number of aromatic nitrogens is 2. The number of nitrogens with one attached hydrogen (secondary N) is 2. The predicted molar refractivity (Wildman–Crippen MR) is 156 cm³/mol. The summed E-state index contributed by atoms with van der Waals surface area (Å²) in [6.45, 7) is 5.04. The van der Waals surface area contributed by atoms with E-state index in [9.17, 15) is 24.1 Å². The van der Waals surface area contributed by atoms with Gasteiger partial charge in [-0.25, -0.2) is 13.8 Å². The number of carbonyl (C=O) groups is 1. The highest BCUT2D eigenvalue weighted by molar-refractivity contribution is 7.52. The monoisotopic (exact) mass is 639 g/mol. The fourth-order valence-corrected chi connectivity index (χ4v) is 5.97. The lowest BCUT2D eigenvalue weighted by Gasteiger charge is -2.25. The first-order valence-corrected chi connectivity index (χ1v) is 15.2. The van der Waals surface area contributed by atoms with E-state index in [-0.39, 0.29) is 5.75 Å². The van der Waals surface area contributed by atoms with Crippen molar-refractivity contribution in [2.45, 2.75) is 63.9 Å². The molecule has 1 unspecified atom stereocenters. The Morgan fingerprint density at radius 2 is 1.74 bits per heavy atom. The predicted octanol–water partition coefficient (Wildman–Crippen LogP) is 3.98. The maximum Gasteiger partial charge on any atom is 0.459 e. The maximum absolute atomic E-state index is 15.6. The Hall–Kier alpha value is -3.32. The van der Waals surface area contributed by atoms with Crippen molar-refractivity contribution in [3.05, 3.63) is 86.7 Å². The molecule has 43 heavy (non-hydrogen) atoms. The summed E-state index contributed by atoms with van der Waals surface area (Å²) in [7, 11) is -4.41. The van der Waals surface area contributed by atoms with Gasteiger partial charge in [-0.3, -0.25) is 23.7 Å². The lowest BCUT2D eigenvalue weighted by atomic mass is 9.98. The molecule has 2 aromatic carbocycles. The zero-order chi connectivity index (χ0) is 31.5. The van der Waals surface area contributed by atoms with Crippen LogP contribution >= 0.6 is 19.3 Å². The molecular weight excluding hydrogens is 608 g/mol. The van der Waals surface area contributed by atoms with Gasteiger partial charge < -0.3 is 19.1 Å². The van der Waals surface area contributed by atoms with Crippen molar-refractivity contribution in [3.8, 4) is 16.9 Å². The third kappa shape index (κ3) is 7.80. The van der Waals surface area contributed by atoms with Crippen LogP contribution in [-0.4, -0.2) is 57.3 Å². The number of rotatable bonds is 11. The van der Waals surface area contributed by atoms with Gasteiger partial charge >= 0.3 is 19.4 Å². The third-order valence-corrected chi connectivity index (χ3v) is 8.44. The molecule has 6 atom stereocenters. The van der Waals surface area contributed by atoms with E-state index in [0.29, 0.717) is 5.02 Å². The number of ether oxygens (including phenoxy) is 2. The SMILES string of the molecule is CC(C)OC(=O)[C@H](C)NP(=O)(OC[C@H]1O[C@@H](n2ccc(=O)[nH]c2=O)[C@](C)(F)[C@@H]1O)Oc1ccc(-c2ccc(Cl)cc2)cc1. The van der Waals surface area contributed by atoms with Gasteiger partial charge in [0.15, 0.2) is 11.9 Å². The molecule has 0 amide bonds. The van der Waals surface area contributed by atoms with Crippen LogP contribution in [0.4, 0.5) is 4.39 Å². The Bertz CT molecular complexity index is 1590. The maximum atomic E-state index is 15.6. The molecule has 1 fully saturated rings. The van der Waals surface area contributed by atoms with Gasteiger partial charge in [-0.1, -0.05) is 35.9 Å². The van der Waals surface area contributed by atoms with Crippen molar-refractivity contribution in [3.63, 3.8) is 0 Å². The van der Waals surface area contributed by atoms with Gasteiger partial charge in [-0.2, -0.15) is 5.09 Å². The van der Waals surface area contributed by atoms with E-state index in [1.807, 2.05) is 17.1 Å². The largest absolute Gasteiger partial charge is 0.462 e. The molecule has 1 saturated heterocycles. The van der Waals surface area contributed by atoms with Crippen molar-refractivity contribution < 1.29 is 37.4 Å². The van der Waals surface area contributed by atoms with Gasteiger partial charge in [0.05, 0.1) is 12.7 Å². The van der Waals surface area contributed by atoms with Crippen LogP contribution in [0.1, 0.15) is 33.9 Å². The zero-order valence-electron chi connectivity index (χ0n) is 23.7. The fraction of sp³-hybridized carbons (Fsp3) is 0.393. The molecule has 232 valence electrons. The molecule has 0 bridgehead atoms. The molecule has 12 nitrogen and oxygen atoms in total. The van der Waals surface area contributed by atoms with Crippen molar-refractivity contribution in [1.82, 2.24) is 14.6 Å². The Morgan fingerprint density at radius 3 is 2.33 bits per heavy atom. The standard InChI is InChI=1S/C28H32ClFN3O9P/c1-16(2)40-25(36)17(3)32-43(38,42-21-11-7-19(8-12-21)18-5-9-20(29)10-6-18)39-15-22-24(35)28(4,30)26(41-22)33-14-13-23(34)31-27(33)37/h5-14,16-17,22,24,26,35H,15H2,1-4H3,(H,32,38)(H,31,34,37)/t17-,22+,24+,26+,28+,43?/m0/s1. The molecule has 1 aliphatic rings. The molecule has 0 radical (unpaired) electrons. The normalized spacial score (nSPS) is 24.0. The molecular formula is C28H32ClFN3O9P. The first-order valence-electron chi connectivity index (χ1n) is 13.3. The zero-order valence-corrected chi connectivity index (χ0v) is 25.4. The number of halogens is 2. The second kappa shape index (κ2) is 13.1. The van der Waals surface area contributed by atoms with Crippen molar-refractivity contribution in [1.29, 1.82) is 0 Å². The van der Waals surface area contributed by atoms with Crippen LogP contribution in [0, 0.1) is 0 Å². The minimum Gasteiger partial charge on any atom is -0.462 e. The second-order valence-electron chi connectivity index (χ2n) is 10.4. The third-order valence-electron chi connectivity index (χ3n) is 6.54. The van der Waals surface area contributed by atoms with Gasteiger partial charge in [0, 0.05) is 17.3 Å². The van der Waals surface area contributed by atoms with E-state index in [0.717, 1.165) is 34.9 Å². The molecule has 3 N–H and O–H groups in total. The van der Waals surface area contributed by atoms with E-state index >= 15 is 4.39 Å². The van der Waals surface area contributed by atoms with Gasteiger partial charge in [0.25, 0.3) is 5.56 Å². The van der Waals surface area contributed by atoms with Crippen molar-refractivity contribution in [2.24, 2.45) is 0 Å². The van der Waals surface area contributed by atoms with Crippen LogP contribution in [0.3, 0.4) is 0 Å². The Morgan fingerprint density at radius 1 is 1.14 bits per heavy atom. The summed E-state index contributed by atoms with van der Waals surface area (Å²) in [4.78, 5) is 38.2. The highest BCUT2D eigenvalue weighted by Crippen LogP contribution is 2.47. The number of aromatic amines is 1. The molecule has 1 aromatic heterocycles. The number of alkyl halides is 1. The average Bonchev–Trinajstić information content (AvgIpc) is 3.16. The van der Waals surface area contributed by atoms with E-state index in [1.54, 1.807) is 38.1 Å². The average molecular weight is 640 g/mol. The van der Waals surface area contributed by atoms with Gasteiger partial charge in [-0.05, 0) is 63.1 Å². The highest BCUT2D eigenvalue weighted by Gasteiger charge is 2.56. The molecule has 0 aliphatic carbocycles. The molecule has 0 saturated carbocycles. The molecule has 15 heteroatoms. The molecule has 4 rings (SSSR count). The second-order valence-corrected chi connectivity index (χ2v) is 12.5. The number of aliphatic hydroxyl groups is 1. The van der Waals surface area contributed by atoms with Crippen molar-refractivity contribution in [2.75, 3.05) is 6.61 Å². The van der Waals surface area contributed by atoms with Crippen LogP contribution in [0.25, 0.3) is 11.1 Å². The molecule has 0 spiro atoms. The summed E-state index contributed by atoms with van der Waals surface area (Å²) in [5.74, 6) is -0.620. The summed E-state index contributed by atoms with van der Waals surface area (Å²) >= 11 is 5.96. The van der Waals surface area contributed by atoms with E-state index in [1.165, 1.54) is 19.1 Å². The quantitative estimate of drug-likeness (QED) is 0.207. The first kappa shape index (κ1) is 32.6. The molecule has 3 aromatic rings. The number of hydrogen-bond donors (Lipinski definition) is 3. The van der Waals surface area contributed by atoms with Crippen LogP contribution in [-0.2, 0) is 23.4 Å². The molecule has 1 aliphatic heterocycles. The van der Waals surface area contributed by atoms with Crippen LogP contribution < -0.4 is 20.9 Å². The highest BCUT2D eigenvalue weighted by atomic mass is 35.5. The van der Waals surface area contributed by atoms with Gasteiger partial charge in [0.2, 0.25) is 0 Å². The summed E-state index contributed by atoms with van der Waals surface area (Å²) in [6, 6.07) is 13.5. The molecule has 2 heterocycles. The summed E-state index contributed by atoms with van der Waals surface area (Å²) in [6.07, 6.45) is -4.33. The minimum atomic E-state index is -4.41. The van der Waals surface area contributed by atoms with Crippen LogP contribution in [0.15, 0.2) is 70.4 Å². The number of carbonyl (C=O) groups excluding carboxylic acids is 1. The number of hydrogen-bond acceptors (Lipinski definition) is 9. The van der Waals surface area contributed by atoms with E-state index in [4.69, 9.17) is 30.1 Å². The number of nitrogens with zero attached hydrogens (tertiary/aromatic N) is 1. The minimum absolute atomic E-state index is 0.110. The van der Waals surface area contributed by atoms with E-state index in [2.05, 4.69) is 5.09 Å². The fourth-order valence-electron chi connectivity index (χ4n) is 4.34. The first-order chi connectivity index (χ1) is 20.2. The van der Waals surface area contributed by atoms with Crippen LogP contribution in [0.2, 0.25) is 5.02 Å². The Balaban J connectivity index is 1.55. The van der Waals surface area contributed by atoms with Crippen LogP contribution in [0.5, 0.6) is 5.75 Å². The Labute approximate surface area is 251 Å². The topological polar surface area (TPSA) is 158 Å². The number of esters is 1. The van der Waals surface area contributed by atoms with E-state index < -0.39 is 67.8 Å². The smallest absolute Gasteiger partial charge is 0.459 e. The summed E-state index contributed by atoms with van der Waals surface area (Å²) in [5.41, 5.74) is -2.48.